The first-order valence-corrected chi connectivity index (χ1v) is 8.82. The molecule has 7 heteroatoms. The van der Waals surface area contributed by atoms with Crippen molar-refractivity contribution in [1.29, 1.82) is 0 Å². The zero-order chi connectivity index (χ0) is 17.4. The van der Waals surface area contributed by atoms with Crippen LogP contribution in [0.1, 0.15) is 17.7 Å². The number of thioether (sulfide) groups is 1. The van der Waals surface area contributed by atoms with Crippen LogP contribution < -0.4 is 15.9 Å². The number of hydrogen-bond acceptors (Lipinski definition) is 6. The smallest absolute Gasteiger partial charge is 0.276 e. The van der Waals surface area contributed by atoms with Crippen LogP contribution in [0.4, 0.5) is 0 Å². The number of benzene rings is 1. The Morgan fingerprint density at radius 1 is 1.36 bits per heavy atom. The molecule has 2 aliphatic rings. The van der Waals surface area contributed by atoms with E-state index in [0.717, 1.165) is 16.3 Å². The summed E-state index contributed by atoms with van der Waals surface area (Å²) in [7, 11) is 0. The first kappa shape index (κ1) is 15.7. The Balaban J connectivity index is 1.91. The van der Waals surface area contributed by atoms with Crippen molar-refractivity contribution in [2.45, 2.75) is 13.1 Å². The zero-order valence-corrected chi connectivity index (χ0v) is 14.4. The monoisotopic (exact) mass is 352 g/mol. The lowest BCUT2D eigenvalue weighted by Gasteiger charge is -2.32. The van der Waals surface area contributed by atoms with Gasteiger partial charge in [0, 0.05) is 11.0 Å². The van der Waals surface area contributed by atoms with E-state index in [1.165, 1.54) is 11.8 Å². The van der Waals surface area contributed by atoms with E-state index in [0.29, 0.717) is 22.4 Å². The Bertz CT molecular complexity index is 1010. The highest BCUT2D eigenvalue weighted by Crippen LogP contribution is 2.31. The number of amidine groups is 1. The van der Waals surface area contributed by atoms with Crippen molar-refractivity contribution in [3.8, 4) is 0 Å². The number of carbonyl (C=O) groups is 1. The largest absolute Gasteiger partial charge is 0.462 e. The molecule has 0 spiro atoms. The number of furan rings is 1. The molecule has 1 N–H and O–H groups in total. The van der Waals surface area contributed by atoms with Crippen LogP contribution in [-0.4, -0.2) is 21.8 Å². The Labute approximate surface area is 148 Å². The van der Waals surface area contributed by atoms with E-state index in [9.17, 15) is 4.79 Å². The maximum atomic E-state index is 12.8. The molecule has 1 aromatic heterocycles. The van der Waals surface area contributed by atoms with Crippen LogP contribution in [0.25, 0.3) is 5.70 Å². The number of carbonyl (C=O) groups excluding carboxylic acids is 1. The number of nitrogens with one attached hydrogen (secondary N) is 1. The van der Waals surface area contributed by atoms with Crippen LogP contribution in [0.15, 0.2) is 63.6 Å². The summed E-state index contributed by atoms with van der Waals surface area (Å²) in [5, 5.41) is 11.1. The van der Waals surface area contributed by atoms with Crippen LogP contribution in [0, 0.1) is 6.92 Å². The molecule has 3 heterocycles. The molecule has 25 heavy (non-hydrogen) atoms. The second kappa shape index (κ2) is 6.25. The Kier molecular flexibility index (Phi) is 3.93. The first-order chi connectivity index (χ1) is 12.2. The van der Waals surface area contributed by atoms with Gasteiger partial charge in [0.1, 0.15) is 11.5 Å². The summed E-state index contributed by atoms with van der Waals surface area (Å²) in [5.74, 6) is 1.89. The van der Waals surface area contributed by atoms with E-state index in [4.69, 9.17) is 9.41 Å². The number of amides is 1. The van der Waals surface area contributed by atoms with E-state index in [1.807, 2.05) is 43.3 Å². The Hall–Kier alpha value is -2.80. The van der Waals surface area contributed by atoms with Crippen molar-refractivity contribution < 1.29 is 9.21 Å². The van der Waals surface area contributed by atoms with E-state index < -0.39 is 6.17 Å². The summed E-state index contributed by atoms with van der Waals surface area (Å²) in [6.45, 7) is 5.58. The third-order valence-corrected chi connectivity index (χ3v) is 4.73. The molecule has 0 saturated heterocycles. The van der Waals surface area contributed by atoms with Gasteiger partial charge < -0.3 is 4.42 Å². The Morgan fingerprint density at radius 3 is 2.96 bits per heavy atom. The van der Waals surface area contributed by atoms with Crippen molar-refractivity contribution in [3.63, 3.8) is 0 Å². The molecule has 0 radical (unpaired) electrons. The second-order valence-electron chi connectivity index (χ2n) is 5.62. The van der Waals surface area contributed by atoms with Gasteiger partial charge in [-0.05, 0) is 25.1 Å². The Morgan fingerprint density at radius 2 is 2.20 bits per heavy atom. The topological polar surface area (TPSA) is 70.2 Å². The summed E-state index contributed by atoms with van der Waals surface area (Å²) in [4.78, 5) is 17.5. The molecule has 2 aromatic rings. The quantitative estimate of drug-likeness (QED) is 0.853. The SMILES string of the molecule is C=CCSC1=NN2C(=c3ccccc3=N[C@@H]2c2ccc(C)o2)C(=O)N1. The predicted molar refractivity (Wildman–Crippen MR) is 96.9 cm³/mol. The van der Waals surface area contributed by atoms with Gasteiger partial charge in [-0.1, -0.05) is 36.0 Å². The van der Waals surface area contributed by atoms with Gasteiger partial charge in [-0.15, -0.1) is 11.7 Å². The molecule has 0 saturated carbocycles. The van der Waals surface area contributed by atoms with Crippen molar-refractivity contribution >= 4 is 28.5 Å². The van der Waals surface area contributed by atoms with Crippen molar-refractivity contribution in [2.24, 2.45) is 10.1 Å². The lowest BCUT2D eigenvalue weighted by molar-refractivity contribution is -0.116. The van der Waals surface area contributed by atoms with Gasteiger partial charge >= 0.3 is 0 Å². The molecule has 126 valence electrons. The number of aryl methyl sites for hydroxylation is 1. The van der Waals surface area contributed by atoms with Gasteiger partial charge in [0.05, 0.1) is 5.36 Å². The predicted octanol–water partition coefficient (Wildman–Crippen LogP) is 1.65. The average molecular weight is 352 g/mol. The number of fused-ring (bicyclic) bond motifs is 2. The third kappa shape index (κ3) is 2.76. The molecule has 0 fully saturated rings. The summed E-state index contributed by atoms with van der Waals surface area (Å²) in [6.07, 6.45) is 1.26. The minimum atomic E-state index is -0.510. The molecule has 1 atom stereocenters. The molecule has 1 aromatic carbocycles. The molecule has 6 nitrogen and oxygen atoms in total. The standard InChI is InChI=1S/C18H16N4O2S/c1-3-10-25-18-20-17(23)15-12-6-4-5-7-13(12)19-16(22(15)21-18)14-9-8-11(2)24-14/h3-9,16H,1,10H2,2H3,(H,20,21,23)/t16-/m0/s1. The summed E-state index contributed by atoms with van der Waals surface area (Å²) in [6, 6.07) is 11.3. The van der Waals surface area contributed by atoms with Crippen molar-refractivity contribution in [1.82, 2.24) is 10.3 Å². The maximum Gasteiger partial charge on any atom is 0.276 e. The third-order valence-electron chi connectivity index (χ3n) is 3.87. The highest BCUT2D eigenvalue weighted by molar-refractivity contribution is 8.14. The summed E-state index contributed by atoms with van der Waals surface area (Å²) < 4.78 is 5.77. The van der Waals surface area contributed by atoms with Gasteiger partial charge in [0.15, 0.2) is 10.9 Å². The van der Waals surface area contributed by atoms with Crippen molar-refractivity contribution in [3.05, 3.63) is 71.1 Å². The molecule has 0 bridgehead atoms. The normalized spacial score (nSPS) is 18.7. The number of hydrogen-bond donors (Lipinski definition) is 1. The average Bonchev–Trinajstić information content (AvgIpc) is 3.05. The molecule has 1 amide bonds. The number of hydrazone groups is 1. The fourth-order valence-corrected chi connectivity index (χ4v) is 3.39. The van der Waals surface area contributed by atoms with Gasteiger partial charge in [-0.2, -0.15) is 0 Å². The number of para-hydroxylation sites is 1. The van der Waals surface area contributed by atoms with Gasteiger partial charge in [-0.25, -0.2) is 10.0 Å². The number of rotatable bonds is 3. The van der Waals surface area contributed by atoms with E-state index in [-0.39, 0.29) is 5.91 Å². The highest BCUT2D eigenvalue weighted by Gasteiger charge is 2.35. The summed E-state index contributed by atoms with van der Waals surface area (Å²) >= 11 is 1.41. The molecule has 0 unspecified atom stereocenters. The van der Waals surface area contributed by atoms with E-state index in [2.05, 4.69) is 17.0 Å². The lowest BCUT2D eigenvalue weighted by atomic mass is 10.1. The van der Waals surface area contributed by atoms with Crippen LogP contribution in [0.2, 0.25) is 0 Å². The molecule has 4 rings (SSSR count). The molecular formula is C18H16N4O2S. The molecule has 2 aliphatic heterocycles. The van der Waals surface area contributed by atoms with Gasteiger partial charge in [-0.3, -0.25) is 10.1 Å². The minimum Gasteiger partial charge on any atom is -0.462 e. The second-order valence-corrected chi connectivity index (χ2v) is 6.63. The lowest BCUT2D eigenvalue weighted by Crippen LogP contribution is -2.50. The first-order valence-electron chi connectivity index (χ1n) is 7.84. The van der Waals surface area contributed by atoms with E-state index in [1.54, 1.807) is 11.1 Å². The minimum absolute atomic E-state index is 0.197. The maximum absolute atomic E-state index is 12.8. The van der Waals surface area contributed by atoms with Gasteiger partial charge in [0.2, 0.25) is 6.17 Å². The van der Waals surface area contributed by atoms with Crippen LogP contribution in [-0.2, 0) is 4.79 Å². The van der Waals surface area contributed by atoms with Gasteiger partial charge in [0.25, 0.3) is 5.91 Å². The van der Waals surface area contributed by atoms with Crippen LogP contribution in [0.3, 0.4) is 0 Å². The molecule has 0 aliphatic carbocycles. The fraction of sp³-hybridized carbons (Fsp3) is 0.167. The van der Waals surface area contributed by atoms with Crippen LogP contribution in [0.5, 0.6) is 0 Å². The summed E-state index contributed by atoms with van der Waals surface area (Å²) in [5.41, 5.74) is 0.479. The fourth-order valence-electron chi connectivity index (χ4n) is 2.81. The van der Waals surface area contributed by atoms with Crippen LogP contribution >= 0.6 is 11.8 Å². The zero-order valence-electron chi connectivity index (χ0n) is 13.6. The highest BCUT2D eigenvalue weighted by atomic mass is 32.2. The van der Waals surface area contributed by atoms with E-state index >= 15 is 0 Å². The molecular weight excluding hydrogens is 336 g/mol. The van der Waals surface area contributed by atoms with Crippen molar-refractivity contribution in [2.75, 3.05) is 5.75 Å². The number of nitrogens with zero attached hydrogens (tertiary/aromatic N) is 3.